The van der Waals surface area contributed by atoms with E-state index in [1.165, 1.54) is 23.2 Å². The van der Waals surface area contributed by atoms with E-state index < -0.39 is 11.6 Å². The number of carbonyl (C=O) groups is 3. The first kappa shape index (κ1) is 22.0. The molecule has 1 fully saturated rings. The Morgan fingerprint density at radius 1 is 1.16 bits per heavy atom. The van der Waals surface area contributed by atoms with Gasteiger partial charge in [0.1, 0.15) is 5.54 Å². The van der Waals surface area contributed by atoms with Crippen molar-refractivity contribution in [3.63, 3.8) is 0 Å². The highest BCUT2D eigenvalue weighted by atomic mass is 35.5. The molecule has 0 bridgehead atoms. The van der Waals surface area contributed by atoms with Crippen molar-refractivity contribution in [2.45, 2.75) is 32.4 Å². The molecule has 1 saturated heterocycles. The lowest BCUT2D eigenvalue weighted by molar-refractivity contribution is -0.132. The topological polar surface area (TPSA) is 82.6 Å². The number of urea groups is 1. The fourth-order valence-corrected chi connectivity index (χ4v) is 4.79. The first-order chi connectivity index (χ1) is 15.4. The summed E-state index contributed by atoms with van der Waals surface area (Å²) in [6.45, 7) is 3.33. The van der Waals surface area contributed by atoms with Crippen molar-refractivity contribution in [2.75, 3.05) is 4.90 Å². The molecule has 1 unspecified atom stereocenters. The number of rotatable bonds is 6. The molecule has 1 atom stereocenters. The van der Waals surface area contributed by atoms with Crippen LogP contribution in [0, 0.1) is 0 Å². The van der Waals surface area contributed by atoms with E-state index in [4.69, 9.17) is 11.6 Å². The molecule has 4 amide bonds. The third-order valence-electron chi connectivity index (χ3n) is 5.42. The molecule has 0 aliphatic carbocycles. The van der Waals surface area contributed by atoms with Gasteiger partial charge in [0.25, 0.3) is 5.91 Å². The van der Waals surface area contributed by atoms with Gasteiger partial charge >= 0.3 is 6.03 Å². The monoisotopic (exact) mass is 468 g/mol. The van der Waals surface area contributed by atoms with E-state index in [-0.39, 0.29) is 18.4 Å². The maximum atomic E-state index is 13.3. The van der Waals surface area contributed by atoms with Crippen molar-refractivity contribution < 1.29 is 14.4 Å². The number of benzene rings is 2. The van der Waals surface area contributed by atoms with Gasteiger partial charge in [-0.15, -0.1) is 11.3 Å². The third kappa shape index (κ3) is 3.87. The van der Waals surface area contributed by atoms with Crippen LogP contribution in [-0.2, 0) is 21.7 Å². The molecule has 1 N–H and O–H groups in total. The van der Waals surface area contributed by atoms with E-state index in [2.05, 4.69) is 10.3 Å². The number of hydrogen-bond donors (Lipinski definition) is 1. The van der Waals surface area contributed by atoms with Gasteiger partial charge in [-0.2, -0.15) is 0 Å². The molecule has 164 valence electrons. The van der Waals surface area contributed by atoms with Gasteiger partial charge in [-0.1, -0.05) is 48.9 Å². The smallest absolute Gasteiger partial charge is 0.319 e. The normalized spacial score (nSPS) is 18.0. The van der Waals surface area contributed by atoms with Crippen LogP contribution in [0.25, 0.3) is 0 Å². The summed E-state index contributed by atoms with van der Waals surface area (Å²) in [5.41, 5.74) is 0.758. The van der Waals surface area contributed by atoms with Crippen molar-refractivity contribution in [3.8, 4) is 0 Å². The largest absolute Gasteiger partial charge is 0.325 e. The van der Waals surface area contributed by atoms with E-state index >= 15 is 0 Å². The predicted octanol–water partition coefficient (Wildman–Crippen LogP) is 4.84. The minimum absolute atomic E-state index is 0.0110. The molecule has 0 radical (unpaired) electrons. The average Bonchev–Trinajstić information content (AvgIpc) is 3.33. The number of imide groups is 1. The number of nitrogens with zero attached hydrogens (tertiary/aromatic N) is 3. The second-order valence-corrected chi connectivity index (χ2v) is 8.67. The molecule has 1 aromatic heterocycles. The lowest BCUT2D eigenvalue weighted by Crippen LogP contribution is -2.43. The number of para-hydroxylation sites is 1. The standard InChI is InChI=1S/C23H21ClN4O3S/c1-3-23(16-9-11-17(24)12-10-16)20(30)27(21(31)26-23)13-18-14-32-22(25-18)28(15(2)29)19-7-5-4-6-8-19/h4-12,14H,3,13H2,1-2H3,(H,26,31). The Hall–Kier alpha value is -3.23. The van der Waals surface area contributed by atoms with Crippen molar-refractivity contribution in [2.24, 2.45) is 0 Å². The molecule has 1 aliphatic rings. The molecule has 9 heteroatoms. The van der Waals surface area contributed by atoms with Crippen LogP contribution in [0.1, 0.15) is 31.5 Å². The summed E-state index contributed by atoms with van der Waals surface area (Å²) < 4.78 is 0. The molecule has 4 rings (SSSR count). The van der Waals surface area contributed by atoms with E-state index in [1.54, 1.807) is 29.6 Å². The summed E-state index contributed by atoms with van der Waals surface area (Å²) in [7, 11) is 0. The summed E-state index contributed by atoms with van der Waals surface area (Å²) in [6.07, 6.45) is 0.393. The minimum atomic E-state index is -1.14. The van der Waals surface area contributed by atoms with Gasteiger partial charge in [-0.25, -0.2) is 9.78 Å². The number of thiazole rings is 1. The van der Waals surface area contributed by atoms with Crippen LogP contribution < -0.4 is 10.2 Å². The molecule has 2 aromatic carbocycles. The van der Waals surface area contributed by atoms with Crippen LogP contribution in [0.3, 0.4) is 0 Å². The van der Waals surface area contributed by atoms with Gasteiger partial charge in [-0.05, 0) is 36.2 Å². The van der Waals surface area contributed by atoms with Crippen LogP contribution >= 0.6 is 22.9 Å². The van der Waals surface area contributed by atoms with E-state index in [0.29, 0.717) is 33.5 Å². The number of carbonyl (C=O) groups excluding carboxylic acids is 3. The lowest BCUT2D eigenvalue weighted by Gasteiger charge is -2.25. The number of nitrogens with one attached hydrogen (secondary N) is 1. The summed E-state index contributed by atoms with van der Waals surface area (Å²) in [5, 5.41) is 5.63. The molecule has 0 saturated carbocycles. The maximum Gasteiger partial charge on any atom is 0.325 e. The number of halogens is 1. The Balaban J connectivity index is 1.59. The fourth-order valence-electron chi connectivity index (χ4n) is 3.78. The summed E-state index contributed by atoms with van der Waals surface area (Å²) in [6, 6.07) is 15.6. The van der Waals surface area contributed by atoms with Crippen LogP contribution in [0.15, 0.2) is 60.0 Å². The maximum absolute atomic E-state index is 13.3. The Bertz CT molecular complexity index is 1170. The predicted molar refractivity (Wildman–Crippen MR) is 124 cm³/mol. The fraction of sp³-hybridized carbons (Fsp3) is 0.217. The lowest BCUT2D eigenvalue weighted by atomic mass is 9.87. The molecule has 0 spiro atoms. The Kier molecular flexibility index (Phi) is 5.99. The SMILES string of the molecule is CCC1(c2ccc(Cl)cc2)NC(=O)N(Cc2csc(N(C(C)=O)c3ccccc3)n2)C1=O. The van der Waals surface area contributed by atoms with Gasteiger partial charge in [0, 0.05) is 17.3 Å². The third-order valence-corrected chi connectivity index (χ3v) is 6.55. The van der Waals surface area contributed by atoms with E-state index in [0.717, 1.165) is 4.90 Å². The zero-order valence-corrected chi connectivity index (χ0v) is 19.1. The van der Waals surface area contributed by atoms with Gasteiger partial charge in [0.05, 0.1) is 17.9 Å². The van der Waals surface area contributed by atoms with Crippen LogP contribution in [0.2, 0.25) is 5.02 Å². The number of anilines is 2. The first-order valence-electron chi connectivity index (χ1n) is 10.1. The van der Waals surface area contributed by atoms with Crippen molar-refractivity contribution in [1.82, 2.24) is 15.2 Å². The molecule has 3 aromatic rings. The summed E-state index contributed by atoms with van der Waals surface area (Å²) >= 11 is 7.26. The zero-order valence-electron chi connectivity index (χ0n) is 17.5. The summed E-state index contributed by atoms with van der Waals surface area (Å²) in [4.78, 5) is 45.6. The molecule has 1 aliphatic heterocycles. The number of hydrogen-bond acceptors (Lipinski definition) is 5. The van der Waals surface area contributed by atoms with Crippen molar-refractivity contribution >= 4 is 51.6 Å². The highest BCUT2D eigenvalue weighted by Crippen LogP contribution is 2.35. The Morgan fingerprint density at radius 2 is 1.84 bits per heavy atom. The van der Waals surface area contributed by atoms with Crippen molar-refractivity contribution in [3.05, 3.63) is 76.3 Å². The Morgan fingerprint density at radius 3 is 2.47 bits per heavy atom. The Labute approximate surface area is 194 Å². The zero-order chi connectivity index (χ0) is 22.9. The van der Waals surface area contributed by atoms with Crippen LogP contribution in [0.4, 0.5) is 15.6 Å². The second kappa shape index (κ2) is 8.72. The molecule has 32 heavy (non-hydrogen) atoms. The first-order valence-corrected chi connectivity index (χ1v) is 11.3. The molecular formula is C23H21ClN4O3S. The minimum Gasteiger partial charge on any atom is -0.319 e. The number of amides is 4. The number of aromatic nitrogens is 1. The highest BCUT2D eigenvalue weighted by molar-refractivity contribution is 7.14. The molecule has 2 heterocycles. The van der Waals surface area contributed by atoms with Crippen molar-refractivity contribution in [1.29, 1.82) is 0 Å². The summed E-state index contributed by atoms with van der Waals surface area (Å²) in [5.74, 6) is -0.520. The van der Waals surface area contributed by atoms with Gasteiger partial charge < -0.3 is 5.32 Å². The second-order valence-electron chi connectivity index (χ2n) is 7.40. The highest BCUT2D eigenvalue weighted by Gasteiger charge is 2.51. The molecule has 7 nitrogen and oxygen atoms in total. The molecular weight excluding hydrogens is 448 g/mol. The van der Waals surface area contributed by atoms with Gasteiger partial charge in [0.15, 0.2) is 5.13 Å². The van der Waals surface area contributed by atoms with Crippen LogP contribution in [-0.4, -0.2) is 27.7 Å². The van der Waals surface area contributed by atoms with E-state index in [1.807, 2.05) is 37.3 Å². The van der Waals surface area contributed by atoms with E-state index in [9.17, 15) is 14.4 Å². The van der Waals surface area contributed by atoms with Gasteiger partial charge in [0.2, 0.25) is 5.91 Å². The van der Waals surface area contributed by atoms with Gasteiger partial charge in [-0.3, -0.25) is 19.4 Å². The average molecular weight is 469 g/mol. The quantitative estimate of drug-likeness (QED) is 0.525. The van der Waals surface area contributed by atoms with Crippen LogP contribution in [0.5, 0.6) is 0 Å².